The van der Waals surface area contributed by atoms with Crippen LogP contribution in [0.3, 0.4) is 0 Å². The molecule has 0 aliphatic carbocycles. The van der Waals surface area contributed by atoms with Crippen molar-refractivity contribution in [3.8, 4) is 17.2 Å². The molecule has 6 nitrogen and oxygen atoms in total. The Labute approximate surface area is 203 Å². The number of unbranched alkanes of at least 4 members (excludes halogenated alkanes) is 1. The first kappa shape index (κ1) is 24.0. The number of methoxy groups -OCH3 is 1. The molecule has 0 saturated heterocycles. The van der Waals surface area contributed by atoms with Crippen LogP contribution in [-0.4, -0.2) is 25.6 Å². The van der Waals surface area contributed by atoms with Crippen LogP contribution in [0.5, 0.6) is 17.2 Å². The lowest BCUT2D eigenvalue weighted by Gasteiger charge is -2.11. The largest absolute Gasteiger partial charge is 0.494 e. The molecule has 7 heteroatoms. The summed E-state index contributed by atoms with van der Waals surface area (Å²) >= 11 is 0. The number of rotatable bonds is 10. The zero-order chi connectivity index (χ0) is 24.6. The maximum Gasteiger partial charge on any atom is 0.363 e. The quantitative estimate of drug-likeness (QED) is 0.206. The van der Waals surface area contributed by atoms with E-state index in [0.29, 0.717) is 29.2 Å². The summed E-state index contributed by atoms with van der Waals surface area (Å²) in [5.41, 5.74) is 2.40. The van der Waals surface area contributed by atoms with Crippen LogP contribution in [0.1, 0.15) is 36.5 Å². The lowest BCUT2D eigenvalue weighted by Crippen LogP contribution is -2.05. The van der Waals surface area contributed by atoms with Gasteiger partial charge in [0.2, 0.25) is 5.90 Å². The number of aliphatic imine (C=N–C) groups is 1. The number of halogens is 1. The number of benzene rings is 3. The van der Waals surface area contributed by atoms with E-state index in [1.165, 1.54) is 19.2 Å². The molecule has 0 radical (unpaired) electrons. The van der Waals surface area contributed by atoms with Crippen molar-refractivity contribution in [1.29, 1.82) is 0 Å². The highest BCUT2D eigenvalue weighted by Crippen LogP contribution is 2.30. The van der Waals surface area contributed by atoms with Crippen LogP contribution in [0.4, 0.5) is 4.39 Å². The van der Waals surface area contributed by atoms with Gasteiger partial charge in [-0.15, -0.1) is 0 Å². The van der Waals surface area contributed by atoms with E-state index in [1.807, 2.05) is 24.3 Å². The molecule has 3 aromatic rings. The van der Waals surface area contributed by atoms with Gasteiger partial charge in [-0.3, -0.25) is 0 Å². The fourth-order valence-corrected chi connectivity index (χ4v) is 3.35. The Morgan fingerprint density at radius 3 is 2.46 bits per heavy atom. The van der Waals surface area contributed by atoms with Crippen molar-refractivity contribution in [2.24, 2.45) is 4.99 Å². The van der Waals surface area contributed by atoms with Gasteiger partial charge in [0, 0.05) is 5.56 Å². The van der Waals surface area contributed by atoms with E-state index >= 15 is 0 Å². The molecule has 0 atom stereocenters. The second-order valence-corrected chi connectivity index (χ2v) is 7.89. The molecular weight excluding hydrogens is 449 g/mol. The number of hydrogen-bond acceptors (Lipinski definition) is 6. The van der Waals surface area contributed by atoms with Crippen LogP contribution in [0, 0.1) is 5.82 Å². The maximum atomic E-state index is 13.1. The standard InChI is InChI=1S/C28H26FNO5/c1-3-4-15-33-23-12-8-21(9-13-23)27-30-24(28(31)35-27)16-20-7-14-25(26(17-20)32-2)34-18-19-5-10-22(29)11-6-19/h5-14,16-17H,3-4,15,18H2,1-2H3/b24-16-. The fourth-order valence-electron chi connectivity index (χ4n) is 3.35. The van der Waals surface area contributed by atoms with Crippen LogP contribution in [0.15, 0.2) is 77.4 Å². The molecule has 0 spiro atoms. The molecule has 0 bridgehead atoms. The van der Waals surface area contributed by atoms with Crippen LogP contribution < -0.4 is 14.2 Å². The highest BCUT2D eigenvalue weighted by molar-refractivity contribution is 6.12. The fraction of sp³-hybridized carbons (Fsp3) is 0.214. The smallest absolute Gasteiger partial charge is 0.363 e. The third-order valence-electron chi connectivity index (χ3n) is 5.29. The van der Waals surface area contributed by atoms with Gasteiger partial charge >= 0.3 is 5.97 Å². The van der Waals surface area contributed by atoms with Crippen molar-refractivity contribution in [3.05, 3.63) is 94.9 Å². The molecule has 0 aromatic heterocycles. The topological polar surface area (TPSA) is 66.3 Å². The average molecular weight is 476 g/mol. The van der Waals surface area contributed by atoms with Gasteiger partial charge in [0.15, 0.2) is 17.2 Å². The van der Waals surface area contributed by atoms with Gasteiger partial charge < -0.3 is 18.9 Å². The highest BCUT2D eigenvalue weighted by atomic mass is 19.1. The maximum absolute atomic E-state index is 13.1. The van der Waals surface area contributed by atoms with Crippen LogP contribution >= 0.6 is 0 Å². The summed E-state index contributed by atoms with van der Waals surface area (Å²) in [6.07, 6.45) is 3.69. The number of hydrogen-bond donors (Lipinski definition) is 0. The van der Waals surface area contributed by atoms with Crippen LogP contribution in [0.2, 0.25) is 0 Å². The Kier molecular flexibility index (Phi) is 7.77. The zero-order valence-electron chi connectivity index (χ0n) is 19.6. The number of carbonyl (C=O) groups is 1. The Morgan fingerprint density at radius 2 is 1.74 bits per heavy atom. The first-order valence-corrected chi connectivity index (χ1v) is 11.4. The van der Waals surface area contributed by atoms with E-state index < -0.39 is 5.97 Å². The number of carbonyl (C=O) groups excluding carboxylic acids is 1. The first-order chi connectivity index (χ1) is 17.1. The zero-order valence-corrected chi connectivity index (χ0v) is 19.6. The molecular formula is C28H26FNO5. The van der Waals surface area contributed by atoms with E-state index in [9.17, 15) is 9.18 Å². The molecule has 3 aromatic carbocycles. The molecule has 1 heterocycles. The van der Waals surface area contributed by atoms with Gasteiger partial charge in [-0.2, -0.15) is 0 Å². The monoisotopic (exact) mass is 475 g/mol. The summed E-state index contributed by atoms with van der Waals surface area (Å²) in [5.74, 6) is 1.20. The number of ether oxygens (including phenoxy) is 4. The molecule has 0 unspecified atom stereocenters. The van der Waals surface area contributed by atoms with Crippen molar-refractivity contribution in [2.75, 3.05) is 13.7 Å². The third kappa shape index (κ3) is 6.26. The second-order valence-electron chi connectivity index (χ2n) is 7.89. The lowest BCUT2D eigenvalue weighted by molar-refractivity contribution is -0.129. The summed E-state index contributed by atoms with van der Waals surface area (Å²) in [4.78, 5) is 16.8. The van der Waals surface area contributed by atoms with E-state index in [4.69, 9.17) is 18.9 Å². The summed E-state index contributed by atoms with van der Waals surface area (Å²) in [5, 5.41) is 0. The van der Waals surface area contributed by atoms with Crippen LogP contribution in [-0.2, 0) is 16.1 Å². The van der Waals surface area contributed by atoms with Gasteiger partial charge in [0.1, 0.15) is 18.2 Å². The Bertz CT molecular complexity index is 1230. The summed E-state index contributed by atoms with van der Waals surface area (Å²) < 4.78 is 35.4. The Morgan fingerprint density at radius 1 is 0.971 bits per heavy atom. The molecule has 0 saturated carbocycles. The summed E-state index contributed by atoms with van der Waals surface area (Å²) in [6, 6.07) is 18.7. The van der Waals surface area contributed by atoms with E-state index in [-0.39, 0.29) is 24.0 Å². The minimum atomic E-state index is -0.529. The summed E-state index contributed by atoms with van der Waals surface area (Å²) in [6.45, 7) is 3.04. The summed E-state index contributed by atoms with van der Waals surface area (Å²) in [7, 11) is 1.53. The minimum Gasteiger partial charge on any atom is -0.494 e. The number of cyclic esters (lactones) is 1. The average Bonchev–Trinajstić information content (AvgIpc) is 3.24. The highest BCUT2D eigenvalue weighted by Gasteiger charge is 2.24. The second kappa shape index (κ2) is 11.3. The molecule has 0 fully saturated rings. The van der Waals surface area contributed by atoms with E-state index in [1.54, 1.807) is 36.4 Å². The SMILES string of the molecule is CCCCOc1ccc(C2=N/C(=C\c3ccc(OCc4ccc(F)cc4)c(OC)c3)C(=O)O2)cc1. The van der Waals surface area contributed by atoms with Crippen molar-refractivity contribution in [3.63, 3.8) is 0 Å². The van der Waals surface area contributed by atoms with Gasteiger partial charge in [-0.05, 0) is 72.2 Å². The van der Waals surface area contributed by atoms with Gasteiger partial charge in [-0.25, -0.2) is 14.2 Å². The normalized spacial score (nSPS) is 14.0. The van der Waals surface area contributed by atoms with Crippen molar-refractivity contribution >= 4 is 17.9 Å². The predicted molar refractivity (Wildman–Crippen MR) is 131 cm³/mol. The molecule has 4 rings (SSSR count). The van der Waals surface area contributed by atoms with Crippen molar-refractivity contribution in [2.45, 2.75) is 26.4 Å². The number of nitrogens with zero attached hydrogens (tertiary/aromatic N) is 1. The molecule has 0 amide bonds. The molecule has 1 aliphatic rings. The van der Waals surface area contributed by atoms with Gasteiger partial charge in [0.05, 0.1) is 13.7 Å². The predicted octanol–water partition coefficient (Wildman–Crippen LogP) is 5.94. The van der Waals surface area contributed by atoms with Gasteiger partial charge in [-0.1, -0.05) is 31.5 Å². The minimum absolute atomic E-state index is 0.185. The molecule has 0 N–H and O–H groups in total. The first-order valence-electron chi connectivity index (χ1n) is 11.4. The molecule has 35 heavy (non-hydrogen) atoms. The van der Waals surface area contributed by atoms with Crippen molar-refractivity contribution in [1.82, 2.24) is 0 Å². The third-order valence-corrected chi connectivity index (χ3v) is 5.29. The van der Waals surface area contributed by atoms with Crippen LogP contribution in [0.25, 0.3) is 6.08 Å². The van der Waals surface area contributed by atoms with Gasteiger partial charge in [0.25, 0.3) is 0 Å². The molecule has 180 valence electrons. The number of esters is 1. The van der Waals surface area contributed by atoms with E-state index in [2.05, 4.69) is 11.9 Å². The lowest BCUT2D eigenvalue weighted by atomic mass is 10.1. The molecule has 1 aliphatic heterocycles. The Balaban J connectivity index is 1.46. The van der Waals surface area contributed by atoms with Crippen molar-refractivity contribution < 1.29 is 28.1 Å². The Hall–Kier alpha value is -4.13. The van der Waals surface area contributed by atoms with E-state index in [0.717, 1.165) is 24.2 Å².